The number of benzene rings is 2. The van der Waals surface area contributed by atoms with Gasteiger partial charge in [-0.1, -0.05) is 37.3 Å². The molecule has 2 aromatic carbocycles. The van der Waals surface area contributed by atoms with E-state index in [2.05, 4.69) is 10.1 Å². The number of carbonyl (C=O) groups excluding carboxylic acids is 3. The number of nitrogens with one attached hydrogen (secondary N) is 1. The molecule has 6 nitrogen and oxygen atoms in total. The minimum atomic E-state index is -0.577. The molecule has 2 aromatic rings. The first-order chi connectivity index (χ1) is 12.5. The Kier molecular flexibility index (Phi) is 6.91. The number of amides is 1. The highest BCUT2D eigenvalue weighted by Crippen LogP contribution is 2.16. The first-order valence-corrected chi connectivity index (χ1v) is 8.18. The van der Waals surface area contributed by atoms with Crippen LogP contribution in [0.4, 0.5) is 10.5 Å². The van der Waals surface area contributed by atoms with Crippen LogP contribution in [0.3, 0.4) is 0 Å². The number of ether oxygens (including phenoxy) is 2. The average molecular weight is 355 g/mol. The SMILES string of the molecule is COC(=O)C[C@H](C)C(=O)c1ccc(NC(=O)OCc2ccccc2)cc1. The Balaban J connectivity index is 1.87. The van der Waals surface area contributed by atoms with Crippen LogP contribution in [0.25, 0.3) is 0 Å². The quantitative estimate of drug-likeness (QED) is 0.603. The Labute approximate surface area is 152 Å². The van der Waals surface area contributed by atoms with Gasteiger partial charge >= 0.3 is 12.1 Å². The lowest BCUT2D eigenvalue weighted by Crippen LogP contribution is -2.17. The van der Waals surface area contributed by atoms with Crippen molar-refractivity contribution in [3.8, 4) is 0 Å². The van der Waals surface area contributed by atoms with E-state index in [0.29, 0.717) is 11.3 Å². The topological polar surface area (TPSA) is 81.7 Å². The summed E-state index contributed by atoms with van der Waals surface area (Å²) in [6, 6.07) is 15.8. The van der Waals surface area contributed by atoms with Gasteiger partial charge in [-0.2, -0.15) is 0 Å². The van der Waals surface area contributed by atoms with E-state index in [9.17, 15) is 14.4 Å². The molecule has 26 heavy (non-hydrogen) atoms. The van der Waals surface area contributed by atoms with E-state index >= 15 is 0 Å². The first-order valence-electron chi connectivity index (χ1n) is 8.18. The molecule has 0 bridgehead atoms. The molecule has 0 aliphatic heterocycles. The highest BCUT2D eigenvalue weighted by atomic mass is 16.5. The lowest BCUT2D eigenvalue weighted by atomic mass is 9.96. The van der Waals surface area contributed by atoms with E-state index in [1.54, 1.807) is 31.2 Å². The molecule has 0 aliphatic carbocycles. The molecule has 6 heteroatoms. The number of methoxy groups -OCH3 is 1. The number of carbonyl (C=O) groups is 3. The van der Waals surface area contributed by atoms with Gasteiger partial charge in [-0.3, -0.25) is 14.9 Å². The third kappa shape index (κ3) is 5.73. The van der Waals surface area contributed by atoms with Crippen LogP contribution >= 0.6 is 0 Å². The first kappa shape index (κ1) is 19.2. The van der Waals surface area contributed by atoms with Crippen LogP contribution in [0.5, 0.6) is 0 Å². The van der Waals surface area contributed by atoms with Crippen LogP contribution in [-0.4, -0.2) is 25.0 Å². The molecule has 136 valence electrons. The zero-order valence-electron chi connectivity index (χ0n) is 14.7. The maximum Gasteiger partial charge on any atom is 0.411 e. The number of anilines is 1. The standard InChI is InChI=1S/C20H21NO5/c1-14(12-18(22)25-2)19(23)16-8-10-17(11-9-16)21-20(24)26-13-15-6-4-3-5-7-15/h3-11,14H,12-13H2,1-2H3,(H,21,24)/t14-/m0/s1. The van der Waals surface area contributed by atoms with Crippen molar-refractivity contribution in [2.45, 2.75) is 20.0 Å². The Bertz CT molecular complexity index is 756. The summed E-state index contributed by atoms with van der Waals surface area (Å²) in [7, 11) is 1.29. The summed E-state index contributed by atoms with van der Waals surface area (Å²) in [6.45, 7) is 1.85. The second-order valence-electron chi connectivity index (χ2n) is 5.81. The van der Waals surface area contributed by atoms with Gasteiger partial charge in [0.2, 0.25) is 0 Å². The molecule has 0 unspecified atom stereocenters. The van der Waals surface area contributed by atoms with Crippen LogP contribution in [-0.2, 0) is 20.9 Å². The van der Waals surface area contributed by atoms with E-state index in [1.807, 2.05) is 30.3 Å². The van der Waals surface area contributed by atoms with Crippen LogP contribution in [0.2, 0.25) is 0 Å². The largest absolute Gasteiger partial charge is 0.469 e. The van der Waals surface area contributed by atoms with Crippen LogP contribution in [0.1, 0.15) is 29.3 Å². The fourth-order valence-corrected chi connectivity index (χ4v) is 2.31. The maximum atomic E-state index is 12.3. The van der Waals surface area contributed by atoms with E-state index in [0.717, 1.165) is 5.56 Å². The Hall–Kier alpha value is -3.15. The molecule has 0 saturated heterocycles. The highest BCUT2D eigenvalue weighted by molar-refractivity contribution is 5.99. The molecular weight excluding hydrogens is 334 g/mol. The molecule has 0 aromatic heterocycles. The number of Topliss-reactive ketones (excluding diaryl/α,β-unsaturated/α-hetero) is 1. The van der Waals surface area contributed by atoms with Crippen molar-refractivity contribution in [1.82, 2.24) is 0 Å². The van der Waals surface area contributed by atoms with Crippen molar-refractivity contribution in [3.63, 3.8) is 0 Å². The molecule has 1 amide bonds. The third-order valence-corrected chi connectivity index (χ3v) is 3.78. The van der Waals surface area contributed by atoms with Gasteiger partial charge in [0.05, 0.1) is 13.5 Å². The summed E-state index contributed by atoms with van der Waals surface area (Å²) in [5.41, 5.74) is 1.87. The van der Waals surface area contributed by atoms with Gasteiger partial charge in [0.25, 0.3) is 0 Å². The van der Waals surface area contributed by atoms with Crippen LogP contribution in [0.15, 0.2) is 54.6 Å². The van der Waals surface area contributed by atoms with Crippen LogP contribution < -0.4 is 5.32 Å². The molecule has 0 heterocycles. The minimum Gasteiger partial charge on any atom is -0.469 e. The van der Waals surface area contributed by atoms with Gasteiger partial charge in [0, 0.05) is 17.2 Å². The fourth-order valence-electron chi connectivity index (χ4n) is 2.31. The Morgan fingerprint density at radius 2 is 1.65 bits per heavy atom. The van der Waals surface area contributed by atoms with Crippen molar-refractivity contribution in [3.05, 3.63) is 65.7 Å². The zero-order valence-corrected chi connectivity index (χ0v) is 14.7. The van der Waals surface area contributed by atoms with Crippen molar-refractivity contribution in [2.75, 3.05) is 12.4 Å². The number of hydrogen-bond donors (Lipinski definition) is 1. The molecule has 1 N–H and O–H groups in total. The number of hydrogen-bond acceptors (Lipinski definition) is 5. The lowest BCUT2D eigenvalue weighted by Gasteiger charge is -2.10. The molecule has 1 atom stereocenters. The van der Waals surface area contributed by atoms with E-state index in [-0.39, 0.29) is 18.8 Å². The van der Waals surface area contributed by atoms with Gasteiger partial charge in [-0.05, 0) is 29.8 Å². The second-order valence-corrected chi connectivity index (χ2v) is 5.81. The minimum absolute atomic E-state index is 0.0289. The molecule has 2 rings (SSSR count). The van der Waals surface area contributed by atoms with Gasteiger partial charge in [0.15, 0.2) is 5.78 Å². The third-order valence-electron chi connectivity index (χ3n) is 3.78. The predicted octanol–water partition coefficient (Wildman–Crippen LogP) is 3.82. The summed E-state index contributed by atoms with van der Waals surface area (Å²) in [5, 5.41) is 2.60. The van der Waals surface area contributed by atoms with E-state index in [1.165, 1.54) is 7.11 Å². The van der Waals surface area contributed by atoms with Crippen molar-refractivity contribution >= 4 is 23.5 Å². The summed E-state index contributed by atoms with van der Waals surface area (Å²) in [6.07, 6.45) is -0.548. The van der Waals surface area contributed by atoms with Crippen molar-refractivity contribution in [2.24, 2.45) is 5.92 Å². The molecule has 0 fully saturated rings. The van der Waals surface area contributed by atoms with Gasteiger partial charge in [-0.15, -0.1) is 0 Å². The number of ketones is 1. The van der Waals surface area contributed by atoms with Crippen LogP contribution in [0, 0.1) is 5.92 Å². The normalized spacial score (nSPS) is 11.3. The molecule has 0 aliphatic rings. The van der Waals surface area contributed by atoms with E-state index in [4.69, 9.17) is 4.74 Å². The van der Waals surface area contributed by atoms with Crippen molar-refractivity contribution < 1.29 is 23.9 Å². The summed E-state index contributed by atoms with van der Waals surface area (Å²) in [4.78, 5) is 35.3. The number of esters is 1. The van der Waals surface area contributed by atoms with E-state index < -0.39 is 18.0 Å². The molecule has 0 saturated carbocycles. The van der Waals surface area contributed by atoms with Crippen molar-refractivity contribution in [1.29, 1.82) is 0 Å². The Morgan fingerprint density at radius 1 is 1.00 bits per heavy atom. The lowest BCUT2D eigenvalue weighted by molar-refractivity contribution is -0.141. The molecule has 0 radical (unpaired) electrons. The number of rotatable bonds is 7. The Morgan fingerprint density at radius 3 is 2.27 bits per heavy atom. The summed E-state index contributed by atoms with van der Waals surface area (Å²) < 4.78 is 9.71. The summed E-state index contributed by atoms with van der Waals surface area (Å²) in [5.74, 6) is -1.06. The average Bonchev–Trinajstić information content (AvgIpc) is 2.67. The zero-order chi connectivity index (χ0) is 18.9. The van der Waals surface area contributed by atoms with Gasteiger partial charge in [0.1, 0.15) is 6.61 Å². The predicted molar refractivity (Wildman–Crippen MR) is 96.8 cm³/mol. The maximum absolute atomic E-state index is 12.3. The fraction of sp³-hybridized carbons (Fsp3) is 0.250. The van der Waals surface area contributed by atoms with Gasteiger partial charge < -0.3 is 9.47 Å². The van der Waals surface area contributed by atoms with Gasteiger partial charge in [-0.25, -0.2) is 4.79 Å². The monoisotopic (exact) mass is 355 g/mol. The highest BCUT2D eigenvalue weighted by Gasteiger charge is 2.19. The molecule has 0 spiro atoms. The molecular formula is C20H21NO5. The smallest absolute Gasteiger partial charge is 0.411 e. The summed E-state index contributed by atoms with van der Waals surface area (Å²) >= 11 is 0. The second kappa shape index (κ2) is 9.36.